The largest absolute Gasteiger partial charge is 0.465 e. The molecule has 0 aromatic carbocycles. The molecule has 0 saturated carbocycles. The summed E-state index contributed by atoms with van der Waals surface area (Å²) in [5.41, 5.74) is -1.88. The van der Waals surface area contributed by atoms with Gasteiger partial charge in [0.25, 0.3) is 0 Å². The fourth-order valence-electron chi connectivity index (χ4n) is 2.42. The molecule has 0 bridgehead atoms. The molecular weight excluding hydrogens is 361 g/mol. The van der Waals surface area contributed by atoms with E-state index in [1.54, 1.807) is 18.2 Å². The van der Waals surface area contributed by atoms with Gasteiger partial charge in [-0.15, -0.1) is 0 Å². The number of alkyl halides is 1. The van der Waals surface area contributed by atoms with E-state index in [0.29, 0.717) is 4.60 Å². The van der Waals surface area contributed by atoms with Crippen LogP contribution in [-0.2, 0) is 9.53 Å². The first-order valence-corrected chi connectivity index (χ1v) is 7.25. The van der Waals surface area contributed by atoms with Gasteiger partial charge in [0.1, 0.15) is 16.5 Å². The second kappa shape index (κ2) is 6.57. The van der Waals surface area contributed by atoms with Crippen molar-refractivity contribution in [2.75, 3.05) is 25.6 Å². The van der Waals surface area contributed by atoms with Crippen LogP contribution in [0.4, 0.5) is 15.0 Å². The van der Waals surface area contributed by atoms with Crippen LogP contribution < -0.4 is 5.32 Å². The number of rotatable bonds is 4. The minimum Gasteiger partial charge on any atom is -0.465 e. The Hall–Kier alpha value is -1.74. The standard InChI is InChI=1S/C13H15BrFN3O4/c1-22-7-13(15)5-8(18(6-13)12(20)21)11(19)17-10-4-2-3-9(14)16-10/h2-4,8H,5-7H2,1H3,(H,20,21)(H,16,17,19). The summed E-state index contributed by atoms with van der Waals surface area (Å²) in [7, 11) is 1.32. The van der Waals surface area contributed by atoms with E-state index >= 15 is 0 Å². The number of halogens is 2. The van der Waals surface area contributed by atoms with Gasteiger partial charge < -0.3 is 15.2 Å². The second-order valence-electron chi connectivity index (χ2n) is 5.05. The van der Waals surface area contributed by atoms with Crippen LogP contribution in [0.5, 0.6) is 0 Å². The van der Waals surface area contributed by atoms with Crippen molar-refractivity contribution in [2.24, 2.45) is 0 Å². The number of hydrogen-bond acceptors (Lipinski definition) is 4. The monoisotopic (exact) mass is 375 g/mol. The Balaban J connectivity index is 2.14. The van der Waals surface area contributed by atoms with Crippen molar-refractivity contribution in [3.8, 4) is 0 Å². The first-order chi connectivity index (χ1) is 10.3. The number of methoxy groups -OCH3 is 1. The summed E-state index contributed by atoms with van der Waals surface area (Å²) in [6.07, 6.45) is -1.61. The zero-order chi connectivity index (χ0) is 16.3. The van der Waals surface area contributed by atoms with Crippen LogP contribution in [0.2, 0.25) is 0 Å². The van der Waals surface area contributed by atoms with Gasteiger partial charge in [0, 0.05) is 13.5 Å². The highest BCUT2D eigenvalue weighted by Gasteiger charge is 2.49. The van der Waals surface area contributed by atoms with Gasteiger partial charge in [0.05, 0.1) is 13.2 Å². The van der Waals surface area contributed by atoms with Crippen molar-refractivity contribution in [2.45, 2.75) is 18.1 Å². The third kappa shape index (κ3) is 3.72. The van der Waals surface area contributed by atoms with E-state index in [4.69, 9.17) is 9.84 Å². The lowest BCUT2D eigenvalue weighted by molar-refractivity contribution is -0.120. The highest BCUT2D eigenvalue weighted by atomic mass is 79.9. The SMILES string of the molecule is COCC1(F)CC(C(=O)Nc2cccc(Br)n2)N(C(=O)O)C1. The molecule has 2 unspecified atom stereocenters. The topological polar surface area (TPSA) is 91.8 Å². The molecule has 1 aromatic heterocycles. The number of hydrogen-bond donors (Lipinski definition) is 2. The van der Waals surface area contributed by atoms with E-state index < -0.39 is 30.3 Å². The number of pyridine rings is 1. The highest BCUT2D eigenvalue weighted by molar-refractivity contribution is 9.10. The van der Waals surface area contributed by atoms with Crippen molar-refractivity contribution in [1.82, 2.24) is 9.88 Å². The Kier molecular flexibility index (Phi) is 4.97. The molecule has 0 spiro atoms. The van der Waals surface area contributed by atoms with Crippen LogP contribution in [0.3, 0.4) is 0 Å². The van der Waals surface area contributed by atoms with Crippen molar-refractivity contribution < 1.29 is 23.8 Å². The van der Waals surface area contributed by atoms with Crippen LogP contribution in [0, 0.1) is 0 Å². The van der Waals surface area contributed by atoms with Crippen molar-refractivity contribution in [3.63, 3.8) is 0 Å². The van der Waals surface area contributed by atoms with E-state index in [2.05, 4.69) is 26.2 Å². The zero-order valence-corrected chi connectivity index (χ0v) is 13.3. The predicted octanol–water partition coefficient (Wildman–Crippen LogP) is 1.89. The first-order valence-electron chi connectivity index (χ1n) is 6.45. The molecule has 120 valence electrons. The van der Waals surface area contributed by atoms with E-state index in [0.717, 1.165) is 4.90 Å². The van der Waals surface area contributed by atoms with Crippen molar-refractivity contribution in [3.05, 3.63) is 22.8 Å². The summed E-state index contributed by atoms with van der Waals surface area (Å²) >= 11 is 3.17. The molecule has 9 heteroatoms. The van der Waals surface area contributed by atoms with Crippen LogP contribution in [0.15, 0.2) is 22.8 Å². The van der Waals surface area contributed by atoms with Gasteiger partial charge in [-0.05, 0) is 28.1 Å². The number of carbonyl (C=O) groups excluding carboxylic acids is 1. The average Bonchev–Trinajstić information content (AvgIpc) is 2.77. The Morgan fingerprint density at radius 1 is 1.64 bits per heavy atom. The molecule has 22 heavy (non-hydrogen) atoms. The highest BCUT2D eigenvalue weighted by Crippen LogP contribution is 2.31. The molecule has 2 N–H and O–H groups in total. The maximum Gasteiger partial charge on any atom is 0.408 e. The van der Waals surface area contributed by atoms with Crippen LogP contribution in [0.1, 0.15) is 6.42 Å². The maximum atomic E-state index is 14.5. The number of aromatic nitrogens is 1. The number of ether oxygens (including phenoxy) is 1. The number of likely N-dealkylation sites (tertiary alicyclic amines) is 1. The minimum absolute atomic E-state index is 0.257. The molecule has 0 radical (unpaired) electrons. The van der Waals surface area contributed by atoms with E-state index in [1.807, 2.05) is 0 Å². The fourth-order valence-corrected chi connectivity index (χ4v) is 2.77. The van der Waals surface area contributed by atoms with Crippen molar-refractivity contribution >= 4 is 33.7 Å². The van der Waals surface area contributed by atoms with Gasteiger partial charge in [-0.3, -0.25) is 9.69 Å². The van der Waals surface area contributed by atoms with Crippen LogP contribution in [-0.4, -0.2) is 59.0 Å². The summed E-state index contributed by atoms with van der Waals surface area (Å²) in [4.78, 5) is 28.3. The molecule has 2 heterocycles. The molecule has 1 saturated heterocycles. The number of nitrogens with one attached hydrogen (secondary N) is 1. The van der Waals surface area contributed by atoms with E-state index in [1.165, 1.54) is 7.11 Å². The average molecular weight is 376 g/mol. The first kappa shape index (κ1) is 16.6. The summed E-state index contributed by atoms with van der Waals surface area (Å²) in [5, 5.41) is 11.7. The number of anilines is 1. The molecular formula is C13H15BrFN3O4. The van der Waals surface area contributed by atoms with Gasteiger partial charge in [0.15, 0.2) is 5.67 Å². The quantitative estimate of drug-likeness (QED) is 0.784. The van der Waals surface area contributed by atoms with Crippen LogP contribution in [0.25, 0.3) is 0 Å². The molecule has 1 aromatic rings. The van der Waals surface area contributed by atoms with Gasteiger partial charge in [-0.25, -0.2) is 14.2 Å². The summed E-state index contributed by atoms with van der Waals surface area (Å²) in [6, 6.07) is 3.78. The summed E-state index contributed by atoms with van der Waals surface area (Å²) in [5.74, 6) is -0.364. The smallest absolute Gasteiger partial charge is 0.408 e. The number of amides is 2. The Labute approximate surface area is 134 Å². The third-order valence-corrected chi connectivity index (χ3v) is 3.75. The van der Waals surface area contributed by atoms with Gasteiger partial charge >= 0.3 is 6.09 Å². The molecule has 2 amide bonds. The molecule has 1 aliphatic heterocycles. The van der Waals surface area contributed by atoms with Crippen molar-refractivity contribution in [1.29, 1.82) is 0 Å². The molecule has 0 aliphatic carbocycles. The lowest BCUT2D eigenvalue weighted by Crippen LogP contribution is -2.42. The van der Waals surface area contributed by atoms with E-state index in [9.17, 15) is 14.0 Å². The molecule has 1 fully saturated rings. The Morgan fingerprint density at radius 3 is 2.95 bits per heavy atom. The van der Waals surface area contributed by atoms with Crippen LogP contribution >= 0.6 is 15.9 Å². The fraction of sp³-hybridized carbons (Fsp3) is 0.462. The van der Waals surface area contributed by atoms with Gasteiger partial charge in [0.2, 0.25) is 5.91 Å². The van der Waals surface area contributed by atoms with Gasteiger partial charge in [-0.2, -0.15) is 0 Å². The number of carboxylic acid groups (broad SMARTS) is 1. The Bertz CT molecular complexity index is 588. The molecule has 7 nitrogen and oxygen atoms in total. The zero-order valence-electron chi connectivity index (χ0n) is 11.8. The molecule has 2 rings (SSSR count). The van der Waals surface area contributed by atoms with E-state index in [-0.39, 0.29) is 18.8 Å². The Morgan fingerprint density at radius 2 is 2.36 bits per heavy atom. The van der Waals surface area contributed by atoms with Gasteiger partial charge in [-0.1, -0.05) is 6.07 Å². The second-order valence-corrected chi connectivity index (χ2v) is 5.86. The predicted molar refractivity (Wildman–Crippen MR) is 79.4 cm³/mol. The molecule has 2 atom stereocenters. The third-order valence-electron chi connectivity index (χ3n) is 3.31. The lowest BCUT2D eigenvalue weighted by atomic mass is 10.0. The lowest BCUT2D eigenvalue weighted by Gasteiger charge is -2.20. The summed E-state index contributed by atoms with van der Waals surface area (Å²) < 4.78 is 19.8. The normalized spacial score (nSPS) is 24.3. The number of carbonyl (C=O) groups is 2. The molecule has 1 aliphatic rings. The summed E-state index contributed by atoms with van der Waals surface area (Å²) in [6.45, 7) is -0.671. The maximum absolute atomic E-state index is 14.5. The minimum atomic E-state index is -1.88. The number of nitrogens with zero attached hydrogens (tertiary/aromatic N) is 2.